The predicted molar refractivity (Wildman–Crippen MR) is 144 cm³/mol. The van der Waals surface area contributed by atoms with Crippen molar-refractivity contribution in [3.63, 3.8) is 0 Å². The molecule has 2 aromatic heterocycles. The molecule has 5 rings (SSSR count). The number of aromatic nitrogens is 2. The van der Waals surface area contributed by atoms with Crippen molar-refractivity contribution >= 4 is 15.6 Å². The van der Waals surface area contributed by atoms with Gasteiger partial charge in [0.1, 0.15) is 16.5 Å². The Hall–Kier alpha value is -3.66. The molecule has 196 valence electrons. The first-order valence-corrected chi connectivity index (χ1v) is 13.8. The minimum Gasteiger partial charge on any atom is -0.366 e. The number of benzene rings is 2. The van der Waals surface area contributed by atoms with Crippen molar-refractivity contribution in [3.05, 3.63) is 114 Å². The topological polar surface area (TPSA) is 78.1 Å². The maximum absolute atomic E-state index is 14.6. The fourth-order valence-electron chi connectivity index (χ4n) is 4.96. The lowest BCUT2D eigenvalue weighted by Gasteiger charge is -2.36. The van der Waals surface area contributed by atoms with Gasteiger partial charge >= 0.3 is 0 Å². The molecule has 4 aromatic rings. The second-order valence-corrected chi connectivity index (χ2v) is 11.1. The Morgan fingerprint density at radius 1 is 1.03 bits per heavy atom. The fraction of sp³-hybridized carbons (Fsp3) is 0.207. The molecular formula is C29H28F2N4O2S. The zero-order valence-electron chi connectivity index (χ0n) is 20.9. The second kappa shape index (κ2) is 11.0. The summed E-state index contributed by atoms with van der Waals surface area (Å²) >= 11 is 0. The molecule has 1 aliphatic heterocycles. The number of hydrogen-bond donors (Lipinski definition) is 2. The van der Waals surface area contributed by atoms with E-state index in [4.69, 9.17) is 0 Å². The molecule has 2 N–H and O–H groups in total. The third kappa shape index (κ3) is 5.45. The van der Waals surface area contributed by atoms with Gasteiger partial charge in [-0.3, -0.25) is 9.88 Å². The van der Waals surface area contributed by atoms with Crippen LogP contribution in [-0.2, 0) is 16.4 Å². The van der Waals surface area contributed by atoms with Crippen molar-refractivity contribution in [2.24, 2.45) is 0 Å². The molecule has 1 aliphatic rings. The van der Waals surface area contributed by atoms with Crippen LogP contribution in [0.5, 0.6) is 0 Å². The van der Waals surface area contributed by atoms with Crippen LogP contribution in [0.2, 0.25) is 0 Å². The van der Waals surface area contributed by atoms with E-state index in [2.05, 4.69) is 25.7 Å². The van der Waals surface area contributed by atoms with Gasteiger partial charge in [-0.1, -0.05) is 24.3 Å². The van der Waals surface area contributed by atoms with Crippen molar-refractivity contribution in [1.82, 2.24) is 19.6 Å². The highest BCUT2D eigenvalue weighted by molar-refractivity contribution is 7.89. The summed E-state index contributed by atoms with van der Waals surface area (Å²) in [6.45, 7) is 1.28. The summed E-state index contributed by atoms with van der Waals surface area (Å²) in [6.07, 6.45) is 11.0. The summed E-state index contributed by atoms with van der Waals surface area (Å²) in [6, 6.07) is 14.7. The third-order valence-electron chi connectivity index (χ3n) is 7.01. The summed E-state index contributed by atoms with van der Waals surface area (Å²) in [7, 11) is -2.61. The number of H-pyrrole nitrogens is 1. The fourth-order valence-corrected chi connectivity index (χ4v) is 5.74. The van der Waals surface area contributed by atoms with Crippen LogP contribution < -0.4 is 4.72 Å². The zero-order chi connectivity index (χ0) is 26.7. The second-order valence-electron chi connectivity index (χ2n) is 9.24. The first-order chi connectivity index (χ1) is 18.4. The molecule has 1 unspecified atom stereocenters. The molecule has 1 atom stereocenters. The molecule has 0 radical (unpaired) electrons. The van der Waals surface area contributed by atoms with E-state index in [1.807, 2.05) is 36.7 Å². The Morgan fingerprint density at radius 2 is 1.76 bits per heavy atom. The molecular weight excluding hydrogens is 506 g/mol. The van der Waals surface area contributed by atoms with Crippen LogP contribution in [-0.4, -0.2) is 43.4 Å². The quantitative estimate of drug-likeness (QED) is 0.320. The number of hydrogen-bond acceptors (Lipinski definition) is 4. The van der Waals surface area contributed by atoms with E-state index in [0.29, 0.717) is 25.1 Å². The molecule has 0 saturated carbocycles. The van der Waals surface area contributed by atoms with Crippen molar-refractivity contribution in [1.29, 1.82) is 0 Å². The predicted octanol–water partition coefficient (Wildman–Crippen LogP) is 5.34. The number of rotatable bonds is 8. The minimum atomic E-state index is -3.86. The lowest BCUT2D eigenvalue weighted by molar-refractivity contribution is 0.216. The van der Waals surface area contributed by atoms with E-state index >= 15 is 0 Å². The van der Waals surface area contributed by atoms with Gasteiger partial charge in [0.05, 0.1) is 0 Å². The van der Waals surface area contributed by atoms with Gasteiger partial charge in [0.2, 0.25) is 10.0 Å². The summed E-state index contributed by atoms with van der Waals surface area (Å²) in [5, 5.41) is 0. The standard InChI is InChI=1S/C29H28F2N4O2S/c1-32-38(36,37)29-7-2-20(16-27(29)31)10-14-35-15-11-23(17-28(35)22-3-5-24(30)6-4-22)26-19-34-18-25(26)21-8-12-33-13-9-21/h2-9,11-13,16,18-19,28,32,34H,10,14-15,17H2,1H3. The normalized spacial score (nSPS) is 16.4. The maximum Gasteiger partial charge on any atom is 0.243 e. The van der Waals surface area contributed by atoms with Crippen LogP contribution in [0.3, 0.4) is 0 Å². The largest absolute Gasteiger partial charge is 0.366 e. The monoisotopic (exact) mass is 534 g/mol. The van der Waals surface area contributed by atoms with Gasteiger partial charge in [0.25, 0.3) is 0 Å². The molecule has 0 saturated heterocycles. The molecule has 0 spiro atoms. The Balaban J connectivity index is 1.40. The summed E-state index contributed by atoms with van der Waals surface area (Å²) < 4.78 is 54.5. The van der Waals surface area contributed by atoms with Gasteiger partial charge in [-0.25, -0.2) is 21.9 Å². The van der Waals surface area contributed by atoms with Crippen LogP contribution in [0.4, 0.5) is 8.78 Å². The van der Waals surface area contributed by atoms with Crippen molar-refractivity contribution in [3.8, 4) is 11.1 Å². The lowest BCUT2D eigenvalue weighted by Crippen LogP contribution is -2.34. The average molecular weight is 535 g/mol. The highest BCUT2D eigenvalue weighted by atomic mass is 32.2. The Bertz CT molecular complexity index is 1550. The Labute approximate surface area is 221 Å². The molecule has 2 aromatic carbocycles. The molecule has 0 fully saturated rings. The first kappa shape index (κ1) is 26.0. The first-order valence-electron chi connectivity index (χ1n) is 12.3. The Kier molecular flexibility index (Phi) is 7.51. The number of halogens is 2. The SMILES string of the molecule is CNS(=O)(=O)c1ccc(CCN2CC=C(c3c[nH]cc3-c3ccncc3)CC2c2ccc(F)cc2)cc1F. The summed E-state index contributed by atoms with van der Waals surface area (Å²) in [4.78, 5) is 9.27. The Morgan fingerprint density at radius 3 is 2.47 bits per heavy atom. The molecule has 6 nitrogen and oxygen atoms in total. The third-order valence-corrected chi connectivity index (χ3v) is 8.45. The average Bonchev–Trinajstić information content (AvgIpc) is 3.43. The van der Waals surface area contributed by atoms with E-state index in [9.17, 15) is 17.2 Å². The molecule has 0 aliphatic carbocycles. The van der Waals surface area contributed by atoms with Crippen molar-refractivity contribution < 1.29 is 17.2 Å². The van der Waals surface area contributed by atoms with E-state index in [0.717, 1.165) is 28.7 Å². The molecule has 3 heterocycles. The molecule has 9 heteroatoms. The minimum absolute atomic E-state index is 0.00965. The number of nitrogens with one attached hydrogen (secondary N) is 2. The summed E-state index contributed by atoms with van der Waals surface area (Å²) in [5.74, 6) is -1.06. The lowest BCUT2D eigenvalue weighted by atomic mass is 9.88. The van der Waals surface area contributed by atoms with Gasteiger partial charge in [0.15, 0.2) is 0 Å². The van der Waals surface area contributed by atoms with Crippen LogP contribution in [0.15, 0.2) is 90.4 Å². The molecule has 0 amide bonds. The van der Waals surface area contributed by atoms with Gasteiger partial charge in [-0.15, -0.1) is 0 Å². The van der Waals surface area contributed by atoms with Gasteiger partial charge in [-0.2, -0.15) is 0 Å². The van der Waals surface area contributed by atoms with Gasteiger partial charge in [0, 0.05) is 55.0 Å². The van der Waals surface area contributed by atoms with Crippen LogP contribution >= 0.6 is 0 Å². The number of aromatic amines is 1. The van der Waals surface area contributed by atoms with Crippen LogP contribution in [0.1, 0.15) is 29.2 Å². The maximum atomic E-state index is 14.6. The van der Waals surface area contributed by atoms with Crippen molar-refractivity contribution in [2.75, 3.05) is 20.1 Å². The van der Waals surface area contributed by atoms with E-state index in [-0.39, 0.29) is 16.8 Å². The van der Waals surface area contributed by atoms with Crippen molar-refractivity contribution in [2.45, 2.75) is 23.8 Å². The van der Waals surface area contributed by atoms with Crippen LogP contribution in [0, 0.1) is 11.6 Å². The van der Waals surface area contributed by atoms with Gasteiger partial charge in [-0.05, 0) is 78.6 Å². The molecule has 0 bridgehead atoms. The summed E-state index contributed by atoms with van der Waals surface area (Å²) in [5.41, 5.74) is 6.18. The highest BCUT2D eigenvalue weighted by Crippen LogP contribution is 2.39. The van der Waals surface area contributed by atoms with E-state index in [1.165, 1.54) is 36.9 Å². The van der Waals surface area contributed by atoms with E-state index in [1.54, 1.807) is 18.5 Å². The van der Waals surface area contributed by atoms with Gasteiger partial charge < -0.3 is 4.98 Å². The van der Waals surface area contributed by atoms with E-state index < -0.39 is 15.8 Å². The smallest absolute Gasteiger partial charge is 0.243 e. The van der Waals surface area contributed by atoms with Crippen LogP contribution in [0.25, 0.3) is 16.7 Å². The number of nitrogens with zero attached hydrogens (tertiary/aromatic N) is 2. The number of sulfonamides is 1. The molecule has 38 heavy (non-hydrogen) atoms. The zero-order valence-corrected chi connectivity index (χ0v) is 21.7. The highest BCUT2D eigenvalue weighted by Gasteiger charge is 2.27. The number of pyridine rings is 1.